The van der Waals surface area contributed by atoms with E-state index in [9.17, 15) is 14.0 Å². The summed E-state index contributed by atoms with van der Waals surface area (Å²) >= 11 is 1.38. The molecule has 1 aromatic heterocycles. The smallest absolute Gasteiger partial charge is 0.259 e. The lowest BCUT2D eigenvalue weighted by Gasteiger charge is -2.19. The van der Waals surface area contributed by atoms with Crippen LogP contribution in [0.15, 0.2) is 42.5 Å². The van der Waals surface area contributed by atoms with E-state index in [2.05, 4.69) is 17.6 Å². The van der Waals surface area contributed by atoms with Gasteiger partial charge in [0.2, 0.25) is 0 Å². The van der Waals surface area contributed by atoms with Gasteiger partial charge < -0.3 is 20.1 Å². The molecule has 0 spiro atoms. The minimum absolute atomic E-state index is 0.0712. The molecule has 8 heteroatoms. The van der Waals surface area contributed by atoms with E-state index in [0.717, 1.165) is 29.7 Å². The van der Waals surface area contributed by atoms with Gasteiger partial charge in [-0.05, 0) is 55.0 Å². The standard InChI is InChI=1S/C25H25FN2O4S/c1-14-8-10-17-21(12-14)33-25(28-23(29)16-6-4-5-7-18(16)26)22(17)24(30)27-19-13-15(31-2)9-11-20(19)32-3/h4-7,9,11,13-14H,8,10,12H2,1-3H3,(H,27,30)(H,28,29)/t14-/m0/s1. The SMILES string of the molecule is COc1ccc(OC)c(NC(=O)c2c(NC(=O)c3ccccc3F)sc3c2CC[C@H](C)C3)c1. The Morgan fingerprint density at radius 3 is 2.58 bits per heavy atom. The van der Waals surface area contributed by atoms with Crippen molar-refractivity contribution >= 4 is 33.8 Å². The number of anilines is 2. The van der Waals surface area contributed by atoms with Crippen LogP contribution in [0.1, 0.15) is 44.5 Å². The highest BCUT2D eigenvalue weighted by molar-refractivity contribution is 7.17. The van der Waals surface area contributed by atoms with Crippen molar-refractivity contribution in [2.75, 3.05) is 24.9 Å². The number of nitrogens with one attached hydrogen (secondary N) is 2. The number of carbonyl (C=O) groups excluding carboxylic acids is 2. The number of benzene rings is 2. The quantitative estimate of drug-likeness (QED) is 0.498. The predicted octanol–water partition coefficient (Wildman–Crippen LogP) is 5.53. The first-order valence-electron chi connectivity index (χ1n) is 10.6. The van der Waals surface area contributed by atoms with Gasteiger partial charge in [-0.1, -0.05) is 19.1 Å². The maximum absolute atomic E-state index is 14.2. The largest absolute Gasteiger partial charge is 0.497 e. The van der Waals surface area contributed by atoms with Crippen LogP contribution in [-0.4, -0.2) is 26.0 Å². The van der Waals surface area contributed by atoms with Crippen LogP contribution >= 0.6 is 11.3 Å². The lowest BCUT2D eigenvalue weighted by atomic mass is 9.88. The number of hydrogen-bond donors (Lipinski definition) is 2. The summed E-state index contributed by atoms with van der Waals surface area (Å²) in [6.07, 6.45) is 2.52. The number of halogens is 1. The number of rotatable bonds is 6. The van der Waals surface area contributed by atoms with Crippen LogP contribution in [-0.2, 0) is 12.8 Å². The molecule has 3 aromatic rings. The van der Waals surface area contributed by atoms with Gasteiger partial charge in [-0.25, -0.2) is 4.39 Å². The average Bonchev–Trinajstić information content (AvgIpc) is 3.15. The topological polar surface area (TPSA) is 76.7 Å². The summed E-state index contributed by atoms with van der Waals surface area (Å²) in [6.45, 7) is 2.17. The van der Waals surface area contributed by atoms with E-state index >= 15 is 0 Å². The van der Waals surface area contributed by atoms with E-state index in [1.165, 1.54) is 36.6 Å². The van der Waals surface area contributed by atoms with Gasteiger partial charge in [-0.15, -0.1) is 11.3 Å². The fourth-order valence-corrected chi connectivity index (χ4v) is 5.39. The Labute approximate surface area is 195 Å². The van der Waals surface area contributed by atoms with Gasteiger partial charge in [0, 0.05) is 10.9 Å². The minimum Gasteiger partial charge on any atom is -0.497 e. The highest BCUT2D eigenvalue weighted by Gasteiger charge is 2.29. The van der Waals surface area contributed by atoms with Crippen molar-refractivity contribution in [2.45, 2.75) is 26.2 Å². The molecule has 2 amide bonds. The minimum atomic E-state index is -0.614. The van der Waals surface area contributed by atoms with E-state index in [1.54, 1.807) is 31.4 Å². The fourth-order valence-electron chi connectivity index (χ4n) is 3.99. The van der Waals surface area contributed by atoms with Gasteiger partial charge in [0.1, 0.15) is 22.3 Å². The maximum Gasteiger partial charge on any atom is 0.259 e. The van der Waals surface area contributed by atoms with E-state index in [0.29, 0.717) is 33.7 Å². The third-order valence-corrected chi connectivity index (χ3v) is 6.91. The van der Waals surface area contributed by atoms with Gasteiger partial charge >= 0.3 is 0 Å². The van der Waals surface area contributed by atoms with Crippen molar-refractivity contribution < 1.29 is 23.5 Å². The highest BCUT2D eigenvalue weighted by atomic mass is 32.1. The molecule has 172 valence electrons. The van der Waals surface area contributed by atoms with Crippen molar-refractivity contribution in [3.05, 3.63) is 69.8 Å². The molecule has 4 rings (SSSR count). The van der Waals surface area contributed by atoms with Crippen molar-refractivity contribution in [1.82, 2.24) is 0 Å². The molecule has 0 saturated carbocycles. The third kappa shape index (κ3) is 4.71. The lowest BCUT2D eigenvalue weighted by molar-refractivity contribution is 0.102. The molecule has 33 heavy (non-hydrogen) atoms. The second-order valence-electron chi connectivity index (χ2n) is 8.01. The molecule has 1 heterocycles. The Kier molecular flexibility index (Phi) is 6.65. The molecule has 2 aromatic carbocycles. The van der Waals surface area contributed by atoms with Crippen LogP contribution in [0, 0.1) is 11.7 Å². The van der Waals surface area contributed by atoms with Crippen LogP contribution in [0.4, 0.5) is 15.1 Å². The molecule has 0 saturated heterocycles. The van der Waals surface area contributed by atoms with Gasteiger partial charge in [-0.3, -0.25) is 9.59 Å². The normalized spacial score (nSPS) is 14.8. The number of thiophene rings is 1. The first kappa shape index (κ1) is 22.8. The molecule has 0 bridgehead atoms. The van der Waals surface area contributed by atoms with Gasteiger partial charge in [0.05, 0.1) is 31.0 Å². The molecule has 1 aliphatic rings. The monoisotopic (exact) mass is 468 g/mol. The maximum atomic E-state index is 14.2. The Balaban J connectivity index is 1.70. The summed E-state index contributed by atoms with van der Waals surface area (Å²) in [6, 6.07) is 10.9. The van der Waals surface area contributed by atoms with E-state index in [-0.39, 0.29) is 11.5 Å². The zero-order chi connectivity index (χ0) is 23.5. The number of hydrogen-bond acceptors (Lipinski definition) is 5. The summed E-state index contributed by atoms with van der Waals surface area (Å²) in [7, 11) is 3.06. The predicted molar refractivity (Wildman–Crippen MR) is 127 cm³/mol. The molecule has 0 unspecified atom stereocenters. The van der Waals surface area contributed by atoms with Gasteiger partial charge in [0.25, 0.3) is 11.8 Å². The Bertz CT molecular complexity index is 1210. The fraction of sp³-hybridized carbons (Fsp3) is 0.280. The Hall–Kier alpha value is -3.39. The summed E-state index contributed by atoms with van der Waals surface area (Å²) < 4.78 is 24.8. The van der Waals surface area contributed by atoms with Crippen molar-refractivity contribution in [3.63, 3.8) is 0 Å². The number of carbonyl (C=O) groups is 2. The molecular formula is C25H25FN2O4S. The molecular weight excluding hydrogens is 443 g/mol. The van der Waals surface area contributed by atoms with Crippen LogP contribution < -0.4 is 20.1 Å². The molecule has 1 aliphatic carbocycles. The zero-order valence-electron chi connectivity index (χ0n) is 18.7. The number of ether oxygens (including phenoxy) is 2. The van der Waals surface area contributed by atoms with Crippen LogP contribution in [0.2, 0.25) is 0 Å². The number of fused-ring (bicyclic) bond motifs is 1. The zero-order valence-corrected chi connectivity index (χ0v) is 19.5. The second-order valence-corrected chi connectivity index (χ2v) is 9.12. The first-order chi connectivity index (χ1) is 15.9. The van der Waals surface area contributed by atoms with Crippen LogP contribution in [0.5, 0.6) is 11.5 Å². The average molecular weight is 469 g/mol. The number of amides is 2. The van der Waals surface area contributed by atoms with E-state index < -0.39 is 11.7 Å². The molecule has 2 N–H and O–H groups in total. The first-order valence-corrected chi connectivity index (χ1v) is 11.5. The van der Waals surface area contributed by atoms with Crippen molar-refractivity contribution in [2.24, 2.45) is 5.92 Å². The van der Waals surface area contributed by atoms with Crippen molar-refractivity contribution in [3.8, 4) is 11.5 Å². The van der Waals surface area contributed by atoms with E-state index in [1.807, 2.05) is 0 Å². The van der Waals surface area contributed by atoms with Crippen LogP contribution in [0.3, 0.4) is 0 Å². The molecule has 0 aliphatic heterocycles. The Morgan fingerprint density at radius 2 is 1.85 bits per heavy atom. The second kappa shape index (κ2) is 9.62. The molecule has 0 fully saturated rings. The van der Waals surface area contributed by atoms with Gasteiger partial charge in [-0.2, -0.15) is 0 Å². The summed E-state index contributed by atoms with van der Waals surface area (Å²) in [5.41, 5.74) is 1.73. The summed E-state index contributed by atoms with van der Waals surface area (Å²) in [4.78, 5) is 27.4. The van der Waals surface area contributed by atoms with Crippen molar-refractivity contribution in [1.29, 1.82) is 0 Å². The third-order valence-electron chi connectivity index (χ3n) is 5.74. The molecule has 6 nitrogen and oxygen atoms in total. The number of methoxy groups -OCH3 is 2. The summed E-state index contributed by atoms with van der Waals surface area (Å²) in [5.74, 6) is -0.0259. The highest BCUT2D eigenvalue weighted by Crippen LogP contribution is 2.41. The molecule has 0 radical (unpaired) electrons. The van der Waals surface area contributed by atoms with Gasteiger partial charge in [0.15, 0.2) is 0 Å². The molecule has 1 atom stereocenters. The van der Waals surface area contributed by atoms with E-state index in [4.69, 9.17) is 9.47 Å². The Morgan fingerprint density at radius 1 is 1.06 bits per heavy atom. The van der Waals surface area contributed by atoms with Crippen LogP contribution in [0.25, 0.3) is 0 Å². The lowest BCUT2D eigenvalue weighted by Crippen LogP contribution is -2.20. The summed E-state index contributed by atoms with van der Waals surface area (Å²) in [5, 5.41) is 6.10.